The lowest BCUT2D eigenvalue weighted by atomic mass is 10.0. The van der Waals surface area contributed by atoms with Gasteiger partial charge < -0.3 is 14.2 Å². The van der Waals surface area contributed by atoms with E-state index in [1.807, 2.05) is 0 Å². The van der Waals surface area contributed by atoms with Gasteiger partial charge in [0.15, 0.2) is 6.10 Å². The van der Waals surface area contributed by atoms with Crippen LogP contribution in [0.2, 0.25) is 0 Å². The Kier molecular flexibility index (Phi) is 62.3. The van der Waals surface area contributed by atoms with E-state index in [0.29, 0.717) is 19.3 Å². The highest BCUT2D eigenvalue weighted by Gasteiger charge is 2.19. The van der Waals surface area contributed by atoms with Crippen LogP contribution in [0.1, 0.15) is 290 Å². The van der Waals surface area contributed by atoms with Gasteiger partial charge >= 0.3 is 17.9 Å². The standard InChI is InChI=1S/C73H120O6/c1-4-7-10-13-16-19-22-25-28-31-33-35-36-38-39-42-45-48-51-54-57-60-63-66-72(75)78-69-70(68-77-71(74)65-62-59-56-53-50-47-44-41-30-27-24-21-18-15-12-9-6-3)79-73(76)67-64-61-58-55-52-49-46-43-40-37-34-32-29-26-23-20-17-14-11-8-5-2/h8-9,11-12,17-18,20-22,25-27,29-31,33-34,37,43-44,46-47,70H,4-7,10,13-16,19,23-24,28,32,35-36,38-42,45,48-69H2,1-3H3/b11-8-,12-9-,20-17-,21-18-,25-22-,29-26-,30-27-,33-31-,37-34-,46-43-,47-44-. The minimum Gasteiger partial charge on any atom is -0.462 e. The van der Waals surface area contributed by atoms with Crippen molar-refractivity contribution in [3.63, 3.8) is 0 Å². The molecule has 1 unspecified atom stereocenters. The van der Waals surface area contributed by atoms with Crippen molar-refractivity contribution in [2.75, 3.05) is 13.2 Å². The van der Waals surface area contributed by atoms with E-state index in [4.69, 9.17) is 14.2 Å². The van der Waals surface area contributed by atoms with Gasteiger partial charge in [-0.1, -0.05) is 270 Å². The summed E-state index contributed by atoms with van der Waals surface area (Å²) in [5.74, 6) is -0.940. The van der Waals surface area contributed by atoms with E-state index >= 15 is 0 Å². The topological polar surface area (TPSA) is 78.9 Å². The van der Waals surface area contributed by atoms with Gasteiger partial charge in [0.25, 0.3) is 0 Å². The van der Waals surface area contributed by atoms with E-state index in [2.05, 4.69) is 154 Å². The van der Waals surface area contributed by atoms with Crippen LogP contribution in [0.15, 0.2) is 134 Å². The minimum atomic E-state index is -0.807. The molecule has 0 aromatic carbocycles. The van der Waals surface area contributed by atoms with Crippen molar-refractivity contribution in [3.05, 3.63) is 134 Å². The molecule has 0 aromatic rings. The molecule has 79 heavy (non-hydrogen) atoms. The molecule has 0 fully saturated rings. The van der Waals surface area contributed by atoms with Crippen LogP contribution in [-0.2, 0) is 28.6 Å². The molecule has 0 rings (SSSR count). The number of ether oxygens (including phenoxy) is 3. The number of esters is 3. The van der Waals surface area contributed by atoms with Gasteiger partial charge in [-0.15, -0.1) is 0 Å². The van der Waals surface area contributed by atoms with Gasteiger partial charge in [0, 0.05) is 19.3 Å². The fourth-order valence-corrected chi connectivity index (χ4v) is 8.79. The molecular weight excluding hydrogens is 973 g/mol. The molecule has 1 atom stereocenters. The number of unbranched alkanes of at least 4 members (excludes halogenated alkanes) is 25. The molecule has 0 radical (unpaired) electrons. The second-order valence-corrected chi connectivity index (χ2v) is 21.3. The first-order valence-electron chi connectivity index (χ1n) is 32.7. The Balaban J connectivity index is 4.46. The summed E-state index contributed by atoms with van der Waals surface area (Å²) < 4.78 is 16.9. The maximum atomic E-state index is 12.9. The van der Waals surface area contributed by atoms with Crippen LogP contribution in [0, 0.1) is 0 Å². The van der Waals surface area contributed by atoms with Crippen LogP contribution < -0.4 is 0 Å². The van der Waals surface area contributed by atoms with Crippen molar-refractivity contribution in [1.82, 2.24) is 0 Å². The summed E-state index contributed by atoms with van der Waals surface area (Å²) in [5.41, 5.74) is 0. The zero-order valence-electron chi connectivity index (χ0n) is 51.3. The molecule has 0 saturated carbocycles. The Morgan fingerprint density at radius 3 is 0.772 bits per heavy atom. The van der Waals surface area contributed by atoms with Gasteiger partial charge in [0.1, 0.15) is 13.2 Å². The molecule has 0 heterocycles. The van der Waals surface area contributed by atoms with E-state index in [9.17, 15) is 14.4 Å². The highest BCUT2D eigenvalue weighted by molar-refractivity contribution is 5.71. The van der Waals surface area contributed by atoms with E-state index in [1.54, 1.807) is 0 Å². The SMILES string of the molecule is CC/C=C\C/C=C\C/C=C\C/C=C\C/C=C\CCCCCCCC(=O)OC(COC(=O)CCCCCC/C=C\C/C=C\C/C=C\C/C=C\CC)COC(=O)CCCCCCCCCCCCC/C=C\C/C=C\CCCCCCC. The van der Waals surface area contributed by atoms with Crippen LogP contribution >= 0.6 is 0 Å². The van der Waals surface area contributed by atoms with Crippen molar-refractivity contribution in [3.8, 4) is 0 Å². The molecule has 6 heteroatoms. The zero-order valence-corrected chi connectivity index (χ0v) is 51.3. The molecule has 448 valence electrons. The molecule has 0 aliphatic heterocycles. The molecule has 0 N–H and O–H groups in total. The first-order valence-corrected chi connectivity index (χ1v) is 32.7. The van der Waals surface area contributed by atoms with Crippen molar-refractivity contribution in [2.24, 2.45) is 0 Å². The lowest BCUT2D eigenvalue weighted by molar-refractivity contribution is -0.167. The Bertz CT molecular complexity index is 1680. The normalized spacial score (nSPS) is 13.0. The number of carbonyl (C=O) groups is 3. The maximum absolute atomic E-state index is 12.9. The van der Waals surface area contributed by atoms with Crippen LogP contribution in [0.25, 0.3) is 0 Å². The first-order chi connectivity index (χ1) is 39.0. The summed E-state index contributed by atoms with van der Waals surface area (Å²) in [4.78, 5) is 38.4. The average Bonchev–Trinajstić information content (AvgIpc) is 3.45. The Morgan fingerprint density at radius 1 is 0.266 bits per heavy atom. The third kappa shape index (κ3) is 64.3. The number of allylic oxidation sites excluding steroid dienone is 22. The Labute approximate surface area is 487 Å². The lowest BCUT2D eigenvalue weighted by Gasteiger charge is -2.18. The number of hydrogen-bond donors (Lipinski definition) is 0. The van der Waals surface area contributed by atoms with E-state index in [-0.39, 0.29) is 31.1 Å². The monoisotopic (exact) mass is 1090 g/mol. The molecule has 0 aliphatic rings. The summed E-state index contributed by atoms with van der Waals surface area (Å²) in [7, 11) is 0. The van der Waals surface area contributed by atoms with Crippen molar-refractivity contribution in [1.29, 1.82) is 0 Å². The predicted octanol–water partition coefficient (Wildman–Crippen LogP) is 22.5. The van der Waals surface area contributed by atoms with Crippen molar-refractivity contribution >= 4 is 17.9 Å². The zero-order chi connectivity index (χ0) is 57.1. The fraction of sp³-hybridized carbons (Fsp3) is 0.658. The van der Waals surface area contributed by atoms with Gasteiger partial charge in [0.05, 0.1) is 0 Å². The van der Waals surface area contributed by atoms with Crippen LogP contribution in [0.5, 0.6) is 0 Å². The number of hydrogen-bond acceptors (Lipinski definition) is 6. The summed E-state index contributed by atoms with van der Waals surface area (Å²) in [6.45, 7) is 6.38. The largest absolute Gasteiger partial charge is 0.462 e. The fourth-order valence-electron chi connectivity index (χ4n) is 8.79. The molecule has 0 bridgehead atoms. The summed E-state index contributed by atoms with van der Waals surface area (Å²) in [5, 5.41) is 0. The third-order valence-corrected chi connectivity index (χ3v) is 13.6. The minimum absolute atomic E-state index is 0.0986. The summed E-state index contributed by atoms with van der Waals surface area (Å²) in [6, 6.07) is 0. The number of rotatable bonds is 58. The second kappa shape index (κ2) is 66.1. The predicted molar refractivity (Wildman–Crippen MR) is 343 cm³/mol. The molecule has 0 saturated heterocycles. The Hall–Kier alpha value is -4.45. The molecule has 0 spiro atoms. The summed E-state index contributed by atoms with van der Waals surface area (Å²) >= 11 is 0. The smallest absolute Gasteiger partial charge is 0.306 e. The van der Waals surface area contributed by atoms with Gasteiger partial charge in [0.2, 0.25) is 0 Å². The Morgan fingerprint density at radius 2 is 0.494 bits per heavy atom. The van der Waals surface area contributed by atoms with E-state index in [0.717, 1.165) is 154 Å². The molecule has 6 nitrogen and oxygen atoms in total. The molecule has 0 aliphatic carbocycles. The third-order valence-electron chi connectivity index (χ3n) is 13.6. The van der Waals surface area contributed by atoms with Crippen LogP contribution in [0.3, 0.4) is 0 Å². The summed E-state index contributed by atoms with van der Waals surface area (Å²) in [6.07, 6.45) is 93.1. The average molecular weight is 1090 g/mol. The number of carbonyl (C=O) groups excluding carboxylic acids is 3. The molecule has 0 amide bonds. The molecular formula is C73H120O6. The quantitative estimate of drug-likeness (QED) is 0.0261. The lowest BCUT2D eigenvalue weighted by Crippen LogP contribution is -2.30. The maximum Gasteiger partial charge on any atom is 0.306 e. The first kappa shape index (κ1) is 74.5. The highest BCUT2D eigenvalue weighted by atomic mass is 16.6. The second-order valence-electron chi connectivity index (χ2n) is 21.3. The molecule has 0 aromatic heterocycles. The van der Waals surface area contributed by atoms with Gasteiger partial charge in [-0.2, -0.15) is 0 Å². The van der Waals surface area contributed by atoms with Gasteiger partial charge in [-0.05, 0) is 135 Å². The van der Waals surface area contributed by atoms with Crippen LogP contribution in [0.4, 0.5) is 0 Å². The van der Waals surface area contributed by atoms with Crippen molar-refractivity contribution in [2.45, 2.75) is 297 Å². The van der Waals surface area contributed by atoms with E-state index < -0.39 is 6.10 Å². The van der Waals surface area contributed by atoms with Gasteiger partial charge in [-0.3, -0.25) is 14.4 Å². The van der Waals surface area contributed by atoms with E-state index in [1.165, 1.54) is 96.3 Å². The van der Waals surface area contributed by atoms with Gasteiger partial charge in [-0.25, -0.2) is 0 Å². The highest BCUT2D eigenvalue weighted by Crippen LogP contribution is 2.15. The van der Waals surface area contributed by atoms with Crippen LogP contribution in [-0.4, -0.2) is 37.2 Å². The van der Waals surface area contributed by atoms with Crippen molar-refractivity contribution < 1.29 is 28.6 Å².